The third-order valence-electron chi connectivity index (χ3n) is 4.73. The Hall–Kier alpha value is -2.87. The summed E-state index contributed by atoms with van der Waals surface area (Å²) in [7, 11) is 1.35. The molecule has 0 atom stereocenters. The van der Waals surface area contributed by atoms with Crippen LogP contribution in [0.15, 0.2) is 30.3 Å². The zero-order valence-corrected chi connectivity index (χ0v) is 17.2. The second-order valence-corrected chi connectivity index (χ2v) is 7.91. The zero-order valence-electron chi connectivity index (χ0n) is 16.4. The van der Waals surface area contributed by atoms with Crippen LogP contribution in [-0.2, 0) is 22.4 Å². The maximum Gasteiger partial charge on any atom is 0.341 e. The number of para-hydroxylation sites is 1. The first-order chi connectivity index (χ1) is 14.1. The highest BCUT2D eigenvalue weighted by atomic mass is 32.1. The standard InChI is InChI=1S/C21H25N3O4S/c1-28-20(26)18-15-10-6-3-7-11-16(15)29-19(18)24-17(25)12-13-22-21(27)23-14-8-4-2-5-9-14/h2,4-5,8-9H,3,6-7,10-13H2,1H3,(H,24,25)(H2,22,23,27). The molecule has 0 bridgehead atoms. The molecule has 3 N–H and O–H groups in total. The molecule has 1 aromatic heterocycles. The van der Waals surface area contributed by atoms with E-state index in [4.69, 9.17) is 4.74 Å². The third-order valence-corrected chi connectivity index (χ3v) is 5.94. The number of urea groups is 1. The maximum atomic E-state index is 12.4. The van der Waals surface area contributed by atoms with E-state index >= 15 is 0 Å². The molecule has 3 amide bonds. The first kappa shape index (κ1) is 20.9. The van der Waals surface area contributed by atoms with Gasteiger partial charge in [0.2, 0.25) is 5.91 Å². The molecule has 1 aromatic carbocycles. The van der Waals surface area contributed by atoms with Crippen LogP contribution in [0.2, 0.25) is 0 Å². The number of anilines is 2. The number of fused-ring (bicyclic) bond motifs is 1. The molecule has 7 nitrogen and oxygen atoms in total. The second-order valence-electron chi connectivity index (χ2n) is 6.81. The molecule has 1 heterocycles. The number of carbonyl (C=O) groups is 3. The number of amides is 3. The number of aryl methyl sites for hydroxylation is 1. The smallest absolute Gasteiger partial charge is 0.341 e. The number of rotatable bonds is 6. The average molecular weight is 416 g/mol. The maximum absolute atomic E-state index is 12.4. The Kier molecular flexibility index (Phi) is 7.24. The van der Waals surface area contributed by atoms with E-state index in [0.29, 0.717) is 16.3 Å². The summed E-state index contributed by atoms with van der Waals surface area (Å²) in [6, 6.07) is 8.69. The number of thiophene rings is 1. The summed E-state index contributed by atoms with van der Waals surface area (Å²) in [5.41, 5.74) is 2.17. The highest BCUT2D eigenvalue weighted by molar-refractivity contribution is 7.17. The van der Waals surface area contributed by atoms with Crippen LogP contribution in [0.25, 0.3) is 0 Å². The minimum atomic E-state index is -0.417. The lowest BCUT2D eigenvalue weighted by molar-refractivity contribution is -0.116. The predicted molar refractivity (Wildman–Crippen MR) is 114 cm³/mol. The van der Waals surface area contributed by atoms with Crippen molar-refractivity contribution >= 4 is 39.9 Å². The van der Waals surface area contributed by atoms with Crippen LogP contribution in [0.1, 0.15) is 46.5 Å². The molecule has 0 radical (unpaired) electrons. The molecule has 3 rings (SSSR count). The van der Waals surface area contributed by atoms with Gasteiger partial charge in [0.05, 0.1) is 12.7 Å². The Morgan fingerprint density at radius 2 is 1.79 bits per heavy atom. The van der Waals surface area contributed by atoms with E-state index in [1.807, 2.05) is 18.2 Å². The van der Waals surface area contributed by atoms with Gasteiger partial charge in [0, 0.05) is 23.5 Å². The van der Waals surface area contributed by atoms with Crippen molar-refractivity contribution in [2.45, 2.75) is 38.5 Å². The molecule has 8 heteroatoms. The van der Waals surface area contributed by atoms with E-state index in [1.165, 1.54) is 18.4 Å². The number of esters is 1. The molecule has 29 heavy (non-hydrogen) atoms. The van der Waals surface area contributed by atoms with Crippen LogP contribution >= 0.6 is 11.3 Å². The van der Waals surface area contributed by atoms with Crippen molar-refractivity contribution in [1.29, 1.82) is 0 Å². The van der Waals surface area contributed by atoms with Gasteiger partial charge in [-0.2, -0.15) is 0 Å². The van der Waals surface area contributed by atoms with Crippen molar-refractivity contribution < 1.29 is 19.1 Å². The van der Waals surface area contributed by atoms with E-state index in [0.717, 1.165) is 42.5 Å². The molecule has 0 aliphatic heterocycles. The summed E-state index contributed by atoms with van der Waals surface area (Å²) in [4.78, 5) is 37.7. The van der Waals surface area contributed by atoms with Crippen molar-refractivity contribution in [3.63, 3.8) is 0 Å². The molecule has 154 valence electrons. The average Bonchev–Trinajstić information content (AvgIpc) is 2.88. The topological polar surface area (TPSA) is 96.5 Å². The number of benzene rings is 1. The normalized spacial score (nSPS) is 13.0. The molecule has 0 spiro atoms. The number of hydrogen-bond donors (Lipinski definition) is 3. The SMILES string of the molecule is COC(=O)c1c(NC(=O)CCNC(=O)Nc2ccccc2)sc2c1CCCCC2. The number of ether oxygens (including phenoxy) is 1. The molecular weight excluding hydrogens is 390 g/mol. The van der Waals surface area contributed by atoms with Gasteiger partial charge < -0.3 is 20.7 Å². The van der Waals surface area contributed by atoms with E-state index < -0.39 is 5.97 Å². The fraction of sp³-hybridized carbons (Fsp3) is 0.381. The fourth-order valence-corrected chi connectivity index (χ4v) is 4.62. The number of nitrogens with one attached hydrogen (secondary N) is 3. The van der Waals surface area contributed by atoms with Gasteiger partial charge in [-0.1, -0.05) is 24.6 Å². The van der Waals surface area contributed by atoms with Crippen LogP contribution in [0.4, 0.5) is 15.5 Å². The van der Waals surface area contributed by atoms with Crippen molar-refractivity contribution in [3.05, 3.63) is 46.3 Å². The molecular formula is C21H25N3O4S. The van der Waals surface area contributed by atoms with E-state index in [2.05, 4.69) is 16.0 Å². The molecule has 1 aliphatic carbocycles. The van der Waals surface area contributed by atoms with Gasteiger partial charge in [-0.15, -0.1) is 11.3 Å². The van der Waals surface area contributed by atoms with E-state index in [1.54, 1.807) is 12.1 Å². The Morgan fingerprint density at radius 3 is 2.55 bits per heavy atom. The number of carbonyl (C=O) groups excluding carboxylic acids is 3. The lowest BCUT2D eigenvalue weighted by Gasteiger charge is -2.09. The lowest BCUT2D eigenvalue weighted by atomic mass is 10.1. The molecule has 0 saturated carbocycles. The van der Waals surface area contributed by atoms with Crippen LogP contribution in [0.5, 0.6) is 0 Å². The lowest BCUT2D eigenvalue weighted by Crippen LogP contribution is -2.31. The first-order valence-corrected chi connectivity index (χ1v) is 10.5. The summed E-state index contributed by atoms with van der Waals surface area (Å²) in [6.45, 7) is 0.184. The van der Waals surface area contributed by atoms with Gasteiger partial charge in [0.25, 0.3) is 0 Å². The quantitative estimate of drug-likeness (QED) is 0.492. The fourth-order valence-electron chi connectivity index (χ4n) is 3.32. The third kappa shape index (κ3) is 5.57. The van der Waals surface area contributed by atoms with Crippen LogP contribution in [-0.4, -0.2) is 31.6 Å². The summed E-state index contributed by atoms with van der Waals surface area (Å²) in [5.74, 6) is -0.674. The number of hydrogen-bond acceptors (Lipinski definition) is 5. The molecule has 2 aromatic rings. The van der Waals surface area contributed by atoms with Crippen molar-refractivity contribution in [2.24, 2.45) is 0 Å². The summed E-state index contributed by atoms with van der Waals surface area (Å²) >= 11 is 1.46. The number of methoxy groups -OCH3 is 1. The van der Waals surface area contributed by atoms with Crippen LogP contribution in [0.3, 0.4) is 0 Å². The van der Waals surface area contributed by atoms with Gasteiger partial charge in [0.15, 0.2) is 0 Å². The Balaban J connectivity index is 1.56. The Labute approximate surface area is 173 Å². The highest BCUT2D eigenvalue weighted by Gasteiger charge is 2.26. The van der Waals surface area contributed by atoms with Crippen LogP contribution < -0.4 is 16.0 Å². The molecule has 0 saturated heterocycles. The minimum Gasteiger partial charge on any atom is -0.465 e. The Bertz CT molecular complexity index is 880. The highest BCUT2D eigenvalue weighted by Crippen LogP contribution is 2.37. The summed E-state index contributed by atoms with van der Waals surface area (Å²) < 4.78 is 4.94. The summed E-state index contributed by atoms with van der Waals surface area (Å²) in [5, 5.41) is 8.73. The van der Waals surface area contributed by atoms with E-state index in [9.17, 15) is 14.4 Å². The van der Waals surface area contributed by atoms with Crippen molar-refractivity contribution in [3.8, 4) is 0 Å². The minimum absolute atomic E-state index is 0.103. The van der Waals surface area contributed by atoms with E-state index in [-0.39, 0.29) is 24.9 Å². The van der Waals surface area contributed by atoms with Crippen LogP contribution in [0, 0.1) is 0 Å². The summed E-state index contributed by atoms with van der Waals surface area (Å²) in [6.07, 6.45) is 5.10. The first-order valence-electron chi connectivity index (χ1n) is 9.71. The van der Waals surface area contributed by atoms with Gasteiger partial charge in [0.1, 0.15) is 5.00 Å². The van der Waals surface area contributed by atoms with Gasteiger partial charge >= 0.3 is 12.0 Å². The second kappa shape index (κ2) is 10.1. The largest absolute Gasteiger partial charge is 0.465 e. The predicted octanol–water partition coefficient (Wildman–Crippen LogP) is 3.95. The van der Waals surface area contributed by atoms with Crippen molar-refractivity contribution in [2.75, 3.05) is 24.3 Å². The molecule has 1 aliphatic rings. The van der Waals surface area contributed by atoms with Gasteiger partial charge in [-0.25, -0.2) is 9.59 Å². The zero-order chi connectivity index (χ0) is 20.6. The molecule has 0 fully saturated rings. The van der Waals surface area contributed by atoms with Gasteiger partial charge in [-0.3, -0.25) is 4.79 Å². The monoisotopic (exact) mass is 415 g/mol. The van der Waals surface area contributed by atoms with Gasteiger partial charge in [-0.05, 0) is 43.4 Å². The molecule has 0 unspecified atom stereocenters. The Morgan fingerprint density at radius 1 is 1.03 bits per heavy atom. The van der Waals surface area contributed by atoms with Crippen molar-refractivity contribution in [1.82, 2.24) is 5.32 Å².